The van der Waals surface area contributed by atoms with Gasteiger partial charge in [-0.2, -0.15) is 0 Å². The predicted octanol–water partition coefficient (Wildman–Crippen LogP) is 4.56. The molecular weight excluding hydrogens is 434 g/mol. The molecule has 2 aliphatic heterocycles. The average Bonchev–Trinajstić information content (AvgIpc) is 2.86. The zero-order valence-corrected chi connectivity index (χ0v) is 19.6. The molecule has 3 aromatic rings. The molecule has 1 saturated heterocycles. The largest absolute Gasteiger partial charge is 0.497 e. The van der Waals surface area contributed by atoms with Crippen LogP contribution in [-0.2, 0) is 22.5 Å². The molecule has 0 aliphatic carbocycles. The molecule has 7 heteroatoms. The quantitative estimate of drug-likeness (QED) is 0.535. The lowest BCUT2D eigenvalue weighted by atomic mass is 9.97. The summed E-state index contributed by atoms with van der Waals surface area (Å²) in [4.78, 5) is 17.3. The van der Waals surface area contributed by atoms with Crippen molar-refractivity contribution in [2.75, 3.05) is 24.8 Å². The summed E-state index contributed by atoms with van der Waals surface area (Å²) in [6, 6.07) is 14.8. The fraction of sp³-hybridized carbons (Fsp3) is 0.385. The first kappa shape index (κ1) is 22.2. The highest BCUT2D eigenvalue weighted by molar-refractivity contribution is 8.00. The van der Waals surface area contributed by atoms with Crippen LogP contribution in [0.15, 0.2) is 53.6 Å². The van der Waals surface area contributed by atoms with Gasteiger partial charge in [0.2, 0.25) is 5.91 Å². The molecule has 172 valence electrons. The highest BCUT2D eigenvalue weighted by Gasteiger charge is 2.22. The number of fused-ring (bicyclic) bond motifs is 2. The number of thioether (sulfide) groups is 1. The number of methoxy groups -OCH3 is 1. The van der Waals surface area contributed by atoms with Crippen LogP contribution in [0.1, 0.15) is 30.4 Å². The average molecular weight is 464 g/mol. The Balaban J connectivity index is 1.11. The Bertz CT molecular complexity index is 1140. The van der Waals surface area contributed by atoms with Gasteiger partial charge in [-0.15, -0.1) is 11.8 Å². The molecule has 0 bridgehead atoms. The van der Waals surface area contributed by atoms with Gasteiger partial charge in [0.25, 0.3) is 0 Å². The van der Waals surface area contributed by atoms with E-state index < -0.39 is 0 Å². The van der Waals surface area contributed by atoms with Crippen LogP contribution in [0.2, 0.25) is 0 Å². The minimum absolute atomic E-state index is 0.0724. The monoisotopic (exact) mass is 463 g/mol. The van der Waals surface area contributed by atoms with Crippen molar-refractivity contribution in [3.63, 3.8) is 0 Å². The number of carbonyl (C=O) groups is 1. The summed E-state index contributed by atoms with van der Waals surface area (Å²) in [5.74, 6) is 1.43. The van der Waals surface area contributed by atoms with Gasteiger partial charge in [0.05, 0.1) is 36.8 Å². The van der Waals surface area contributed by atoms with E-state index in [0.717, 1.165) is 66.1 Å². The second kappa shape index (κ2) is 10.1. The summed E-state index contributed by atoms with van der Waals surface area (Å²) < 4.78 is 11.6. The number of aryl methyl sites for hydroxylation is 1. The molecule has 33 heavy (non-hydrogen) atoms. The number of carbonyl (C=O) groups excluding carboxylic acids is 1. The van der Waals surface area contributed by atoms with Gasteiger partial charge in [0, 0.05) is 29.1 Å². The molecule has 5 rings (SSSR count). The molecular formula is C26H29N3O3S. The number of nitrogens with zero attached hydrogens (tertiary/aromatic N) is 1. The standard InChI is InChI=1S/C26H29N3O3S/c1-31-21-7-8-23-22(13-21)18(10-11-27-23)3-5-20-6-4-19(15-32-20)28-14-17-2-9-25-24(12-17)29-26(30)16-33-25/h2,7-13,19-20,28H,3-6,14-16H2,1H3,(H,29,30)/t19-,20+/m1/s1. The minimum Gasteiger partial charge on any atom is -0.497 e. The minimum atomic E-state index is 0.0724. The molecule has 1 fully saturated rings. The van der Waals surface area contributed by atoms with E-state index >= 15 is 0 Å². The molecule has 1 amide bonds. The highest BCUT2D eigenvalue weighted by Crippen LogP contribution is 2.32. The van der Waals surface area contributed by atoms with Crippen molar-refractivity contribution < 1.29 is 14.3 Å². The summed E-state index contributed by atoms with van der Waals surface area (Å²) in [7, 11) is 1.69. The summed E-state index contributed by atoms with van der Waals surface area (Å²) in [6.07, 6.45) is 6.30. The Labute approximate surface area is 198 Å². The Hall–Kier alpha value is -2.61. The van der Waals surface area contributed by atoms with E-state index in [9.17, 15) is 4.79 Å². The lowest BCUT2D eigenvalue weighted by Gasteiger charge is -2.30. The smallest absolute Gasteiger partial charge is 0.234 e. The van der Waals surface area contributed by atoms with E-state index in [1.54, 1.807) is 18.9 Å². The lowest BCUT2D eigenvalue weighted by Crippen LogP contribution is -2.39. The first-order valence-electron chi connectivity index (χ1n) is 11.5. The summed E-state index contributed by atoms with van der Waals surface area (Å²) >= 11 is 1.59. The van der Waals surface area contributed by atoms with Crippen molar-refractivity contribution in [3.05, 3.63) is 59.8 Å². The van der Waals surface area contributed by atoms with Crippen LogP contribution in [0.3, 0.4) is 0 Å². The summed E-state index contributed by atoms with van der Waals surface area (Å²) in [6.45, 7) is 1.50. The second-order valence-electron chi connectivity index (χ2n) is 8.67. The molecule has 2 atom stereocenters. The molecule has 0 radical (unpaired) electrons. The number of hydrogen-bond donors (Lipinski definition) is 2. The van der Waals surface area contributed by atoms with Crippen molar-refractivity contribution in [2.45, 2.75) is 49.3 Å². The molecule has 0 saturated carbocycles. The maximum absolute atomic E-state index is 11.6. The van der Waals surface area contributed by atoms with E-state index in [-0.39, 0.29) is 12.0 Å². The molecule has 2 N–H and O–H groups in total. The number of nitrogens with one attached hydrogen (secondary N) is 2. The van der Waals surface area contributed by atoms with Crippen LogP contribution in [0.25, 0.3) is 10.9 Å². The third-order valence-corrected chi connectivity index (χ3v) is 7.49. The van der Waals surface area contributed by atoms with Gasteiger partial charge in [-0.25, -0.2) is 0 Å². The lowest BCUT2D eigenvalue weighted by molar-refractivity contribution is -0.113. The van der Waals surface area contributed by atoms with Crippen molar-refractivity contribution in [2.24, 2.45) is 0 Å². The molecule has 0 unspecified atom stereocenters. The van der Waals surface area contributed by atoms with E-state index in [1.165, 1.54) is 11.1 Å². The number of anilines is 1. The van der Waals surface area contributed by atoms with Gasteiger partial charge >= 0.3 is 0 Å². The van der Waals surface area contributed by atoms with Crippen LogP contribution in [0.4, 0.5) is 5.69 Å². The van der Waals surface area contributed by atoms with Crippen molar-refractivity contribution in [3.8, 4) is 5.75 Å². The fourth-order valence-corrected chi connectivity index (χ4v) is 5.33. The molecule has 0 spiro atoms. The fourth-order valence-electron chi connectivity index (χ4n) is 4.54. The number of benzene rings is 2. The topological polar surface area (TPSA) is 72.5 Å². The van der Waals surface area contributed by atoms with Crippen LogP contribution in [-0.4, -0.2) is 42.5 Å². The predicted molar refractivity (Wildman–Crippen MR) is 132 cm³/mol. The zero-order valence-electron chi connectivity index (χ0n) is 18.8. The van der Waals surface area contributed by atoms with Crippen LogP contribution in [0, 0.1) is 0 Å². The van der Waals surface area contributed by atoms with Gasteiger partial charge in [-0.05, 0) is 73.2 Å². The van der Waals surface area contributed by atoms with Crippen LogP contribution < -0.4 is 15.4 Å². The highest BCUT2D eigenvalue weighted by atomic mass is 32.2. The van der Waals surface area contributed by atoms with E-state index in [4.69, 9.17) is 9.47 Å². The SMILES string of the molecule is COc1ccc2nccc(CC[C@H]3CC[C@@H](NCc4ccc5c(c4)NC(=O)CS5)CO3)c2c1. The van der Waals surface area contributed by atoms with Gasteiger partial charge in [-0.1, -0.05) is 6.07 Å². The molecule has 6 nitrogen and oxygen atoms in total. The number of amides is 1. The molecule has 1 aromatic heterocycles. The summed E-state index contributed by atoms with van der Waals surface area (Å²) in [5, 5.41) is 7.75. The zero-order chi connectivity index (χ0) is 22.6. The van der Waals surface area contributed by atoms with Crippen molar-refractivity contribution in [1.29, 1.82) is 0 Å². The maximum Gasteiger partial charge on any atom is 0.234 e. The first-order chi connectivity index (χ1) is 16.2. The Morgan fingerprint density at radius 1 is 1.21 bits per heavy atom. The Morgan fingerprint density at radius 2 is 2.15 bits per heavy atom. The van der Waals surface area contributed by atoms with Crippen LogP contribution >= 0.6 is 11.8 Å². The van der Waals surface area contributed by atoms with Gasteiger partial charge in [-0.3, -0.25) is 9.78 Å². The van der Waals surface area contributed by atoms with Crippen molar-refractivity contribution in [1.82, 2.24) is 10.3 Å². The van der Waals surface area contributed by atoms with E-state index in [1.807, 2.05) is 18.3 Å². The number of hydrogen-bond acceptors (Lipinski definition) is 6. The van der Waals surface area contributed by atoms with E-state index in [2.05, 4.69) is 45.9 Å². The van der Waals surface area contributed by atoms with Crippen molar-refractivity contribution >= 4 is 34.3 Å². The van der Waals surface area contributed by atoms with Crippen LogP contribution in [0.5, 0.6) is 5.75 Å². The number of aromatic nitrogens is 1. The Kier molecular flexibility index (Phi) is 6.80. The first-order valence-corrected chi connectivity index (χ1v) is 12.5. The normalized spacial score (nSPS) is 20.3. The molecule has 2 aromatic carbocycles. The number of ether oxygens (including phenoxy) is 2. The number of rotatable bonds is 7. The molecule has 2 aliphatic rings. The second-order valence-corrected chi connectivity index (χ2v) is 9.69. The third-order valence-electron chi connectivity index (χ3n) is 6.42. The van der Waals surface area contributed by atoms with Gasteiger partial charge in [0.1, 0.15) is 5.75 Å². The van der Waals surface area contributed by atoms with Gasteiger partial charge < -0.3 is 20.1 Å². The van der Waals surface area contributed by atoms with Gasteiger partial charge in [0.15, 0.2) is 0 Å². The number of pyridine rings is 1. The maximum atomic E-state index is 11.6. The third kappa shape index (κ3) is 5.32. The summed E-state index contributed by atoms with van der Waals surface area (Å²) in [5.41, 5.74) is 4.40. The van der Waals surface area contributed by atoms with E-state index in [0.29, 0.717) is 11.8 Å². The Morgan fingerprint density at radius 3 is 3.00 bits per heavy atom. The molecule has 3 heterocycles.